The second-order valence-corrected chi connectivity index (χ2v) is 3.25. The van der Waals surface area contributed by atoms with Crippen molar-refractivity contribution in [2.45, 2.75) is 5.03 Å². The first kappa shape index (κ1) is 10.2. The molecule has 0 spiro atoms. The van der Waals surface area contributed by atoms with Gasteiger partial charge in [-0.2, -0.15) is 5.10 Å². The van der Waals surface area contributed by atoms with Gasteiger partial charge in [-0.25, -0.2) is 4.52 Å². The van der Waals surface area contributed by atoms with Gasteiger partial charge in [0.05, 0.1) is 11.2 Å². The Morgan fingerprint density at radius 1 is 1.46 bits per heavy atom. The van der Waals surface area contributed by atoms with E-state index in [0.29, 0.717) is 0 Å². The van der Waals surface area contributed by atoms with E-state index in [2.05, 4.69) is 5.10 Å². The van der Waals surface area contributed by atoms with Crippen LogP contribution in [0.1, 0.15) is 0 Å². The molecule has 0 bridgehead atoms. The number of aromatic nitrogens is 2. The highest BCUT2D eigenvalue weighted by Crippen LogP contribution is 2.24. The fraction of sp³-hybridized carbons (Fsp3) is 0.125. The van der Waals surface area contributed by atoms with Crippen molar-refractivity contribution < 1.29 is 0 Å². The highest BCUT2D eigenvalue weighted by atomic mass is 35.5. The lowest BCUT2D eigenvalue weighted by atomic mass is 10.4. The van der Waals surface area contributed by atoms with Crippen LogP contribution in [-0.4, -0.2) is 15.9 Å². The van der Waals surface area contributed by atoms with Crippen LogP contribution in [0.2, 0.25) is 0 Å². The normalized spacial score (nSPS) is 9.92. The molecule has 2 aromatic rings. The molecule has 0 aliphatic carbocycles. The molecule has 0 saturated heterocycles. The zero-order valence-electron chi connectivity index (χ0n) is 7.10. The fourth-order valence-corrected chi connectivity index (χ4v) is 1.64. The number of rotatable bonds is 1. The first-order chi connectivity index (χ1) is 5.83. The maximum Gasteiger partial charge on any atom is 0.142 e. The maximum atomic E-state index is 5.85. The zero-order chi connectivity index (χ0) is 8.55. The average molecular weight is 216 g/mol. The zero-order valence-corrected chi connectivity index (χ0v) is 8.73. The van der Waals surface area contributed by atoms with Crippen LogP contribution in [0, 0.1) is 0 Å². The van der Waals surface area contributed by atoms with Gasteiger partial charge in [0.1, 0.15) is 5.03 Å². The van der Waals surface area contributed by atoms with Gasteiger partial charge in [0, 0.05) is 6.20 Å². The van der Waals surface area contributed by atoms with Crippen LogP contribution in [0.5, 0.6) is 0 Å². The molecule has 70 valence electrons. The van der Waals surface area contributed by atoms with Crippen molar-refractivity contribution in [2.24, 2.45) is 0 Å². The molecule has 0 fully saturated rings. The Morgan fingerprint density at radius 3 is 2.85 bits per heavy atom. The maximum absolute atomic E-state index is 5.85. The fourth-order valence-electron chi connectivity index (χ4n) is 1.15. The molecule has 0 unspecified atom stereocenters. The lowest BCUT2D eigenvalue weighted by molar-refractivity contribution is 0.903. The van der Waals surface area contributed by atoms with E-state index in [4.69, 9.17) is 5.73 Å². The summed E-state index contributed by atoms with van der Waals surface area (Å²) in [6, 6.07) is 5.85. The van der Waals surface area contributed by atoms with Crippen LogP contribution < -0.4 is 5.73 Å². The van der Waals surface area contributed by atoms with Gasteiger partial charge >= 0.3 is 0 Å². The van der Waals surface area contributed by atoms with Gasteiger partial charge in [-0.05, 0) is 18.4 Å². The van der Waals surface area contributed by atoms with E-state index in [9.17, 15) is 0 Å². The first-order valence-corrected chi connectivity index (χ1v) is 4.82. The number of nitrogens with zero attached hydrogens (tertiary/aromatic N) is 2. The summed E-state index contributed by atoms with van der Waals surface area (Å²) in [5.74, 6) is 0. The van der Waals surface area contributed by atoms with Gasteiger partial charge < -0.3 is 5.73 Å². The van der Waals surface area contributed by atoms with Crippen molar-refractivity contribution in [1.82, 2.24) is 9.61 Å². The lowest BCUT2D eigenvalue weighted by Gasteiger charge is -1.89. The van der Waals surface area contributed by atoms with Gasteiger partial charge in [-0.15, -0.1) is 24.2 Å². The van der Waals surface area contributed by atoms with Crippen LogP contribution in [0.15, 0.2) is 29.4 Å². The van der Waals surface area contributed by atoms with E-state index in [0.717, 1.165) is 16.2 Å². The Kier molecular flexibility index (Phi) is 3.06. The minimum atomic E-state index is 0. The van der Waals surface area contributed by atoms with Crippen molar-refractivity contribution >= 4 is 35.4 Å². The summed E-state index contributed by atoms with van der Waals surface area (Å²) in [7, 11) is 0. The summed E-state index contributed by atoms with van der Waals surface area (Å²) < 4.78 is 1.79. The number of pyridine rings is 1. The number of halogens is 1. The molecule has 0 aromatic carbocycles. The molecule has 2 heterocycles. The highest BCUT2D eigenvalue weighted by molar-refractivity contribution is 7.98. The number of hydrogen-bond acceptors (Lipinski definition) is 3. The Balaban J connectivity index is 0.000000845. The molecule has 2 N–H and O–H groups in total. The lowest BCUT2D eigenvalue weighted by Crippen LogP contribution is -1.85. The Bertz CT molecular complexity index is 413. The van der Waals surface area contributed by atoms with Gasteiger partial charge in [-0.1, -0.05) is 6.07 Å². The summed E-state index contributed by atoms with van der Waals surface area (Å²) in [4.78, 5) is 0. The molecule has 5 heteroatoms. The second kappa shape index (κ2) is 3.89. The largest absolute Gasteiger partial charge is 0.395 e. The quantitative estimate of drug-likeness (QED) is 0.741. The summed E-state index contributed by atoms with van der Waals surface area (Å²) in [5, 5.41) is 5.18. The molecule has 2 rings (SSSR count). The number of fused-ring (bicyclic) bond motifs is 1. The van der Waals surface area contributed by atoms with E-state index in [1.807, 2.05) is 30.7 Å². The number of nitrogen functional groups attached to an aromatic ring is 1. The van der Waals surface area contributed by atoms with Crippen molar-refractivity contribution in [2.75, 3.05) is 12.0 Å². The van der Waals surface area contributed by atoms with E-state index < -0.39 is 0 Å². The van der Waals surface area contributed by atoms with E-state index in [1.165, 1.54) is 0 Å². The average Bonchev–Trinajstić information content (AvgIpc) is 2.44. The van der Waals surface area contributed by atoms with Gasteiger partial charge in [0.25, 0.3) is 0 Å². The number of thioether (sulfide) groups is 1. The predicted molar refractivity (Wildman–Crippen MR) is 58.6 cm³/mol. The predicted octanol–water partition coefficient (Wildman–Crippen LogP) is 2.06. The summed E-state index contributed by atoms with van der Waals surface area (Å²) in [6.45, 7) is 0. The summed E-state index contributed by atoms with van der Waals surface area (Å²) >= 11 is 1.56. The number of nitrogens with two attached hydrogens (primary N) is 1. The molecule has 2 aromatic heterocycles. The molecule has 0 aliphatic rings. The SMILES string of the molecule is CSc1nn2ccccc2c1N.Cl. The second-order valence-electron chi connectivity index (χ2n) is 2.45. The molecule has 13 heavy (non-hydrogen) atoms. The summed E-state index contributed by atoms with van der Waals surface area (Å²) in [5.41, 5.74) is 7.59. The molecule has 0 atom stereocenters. The molecular formula is C8H10ClN3S. The number of anilines is 1. The molecule has 0 aliphatic heterocycles. The Labute approximate surface area is 86.7 Å². The van der Waals surface area contributed by atoms with E-state index >= 15 is 0 Å². The third-order valence-electron chi connectivity index (χ3n) is 1.74. The van der Waals surface area contributed by atoms with Gasteiger partial charge in [0.2, 0.25) is 0 Å². The van der Waals surface area contributed by atoms with Crippen molar-refractivity contribution in [1.29, 1.82) is 0 Å². The minimum Gasteiger partial charge on any atom is -0.395 e. The van der Waals surface area contributed by atoms with Crippen LogP contribution in [0.4, 0.5) is 5.69 Å². The van der Waals surface area contributed by atoms with Crippen molar-refractivity contribution in [3.63, 3.8) is 0 Å². The standard InChI is InChI=1S/C8H9N3S.ClH/c1-12-8-7(9)6-4-2-3-5-11(6)10-8;/h2-5H,9H2,1H3;1H. The molecule has 0 radical (unpaired) electrons. The molecule has 0 saturated carbocycles. The Hall–Kier alpha value is -0.870. The number of hydrogen-bond donors (Lipinski definition) is 1. The van der Waals surface area contributed by atoms with Crippen LogP contribution in [-0.2, 0) is 0 Å². The minimum absolute atomic E-state index is 0. The van der Waals surface area contributed by atoms with Crippen LogP contribution >= 0.6 is 24.2 Å². The topological polar surface area (TPSA) is 43.3 Å². The van der Waals surface area contributed by atoms with Gasteiger partial charge in [0.15, 0.2) is 0 Å². The molecular weight excluding hydrogens is 206 g/mol. The highest BCUT2D eigenvalue weighted by Gasteiger charge is 2.06. The van der Waals surface area contributed by atoms with Gasteiger partial charge in [-0.3, -0.25) is 0 Å². The smallest absolute Gasteiger partial charge is 0.142 e. The van der Waals surface area contributed by atoms with Crippen molar-refractivity contribution in [3.8, 4) is 0 Å². The van der Waals surface area contributed by atoms with E-state index in [-0.39, 0.29) is 12.4 Å². The Morgan fingerprint density at radius 2 is 2.23 bits per heavy atom. The monoisotopic (exact) mass is 215 g/mol. The summed E-state index contributed by atoms with van der Waals surface area (Å²) in [6.07, 6.45) is 3.86. The molecule has 3 nitrogen and oxygen atoms in total. The van der Waals surface area contributed by atoms with E-state index in [1.54, 1.807) is 16.3 Å². The van der Waals surface area contributed by atoms with Crippen LogP contribution in [0.3, 0.4) is 0 Å². The third-order valence-corrected chi connectivity index (χ3v) is 2.43. The van der Waals surface area contributed by atoms with Crippen LogP contribution in [0.25, 0.3) is 5.52 Å². The van der Waals surface area contributed by atoms with Crippen molar-refractivity contribution in [3.05, 3.63) is 24.4 Å². The third kappa shape index (κ3) is 1.59. The molecule has 0 amide bonds. The first-order valence-electron chi connectivity index (χ1n) is 3.60.